The summed E-state index contributed by atoms with van der Waals surface area (Å²) in [7, 11) is 0. The number of thiophene rings is 1. The van der Waals surface area contributed by atoms with E-state index in [2.05, 4.69) is 48.3 Å². The van der Waals surface area contributed by atoms with Gasteiger partial charge in [-0.15, -0.1) is 11.3 Å². The molecule has 3 heterocycles. The molecule has 0 aliphatic rings. The third kappa shape index (κ3) is 9.38. The number of ether oxygens (including phenoxy) is 1. The quantitative estimate of drug-likeness (QED) is 0.162. The number of pyridine rings is 2. The minimum absolute atomic E-state index is 0.0819. The molecule has 9 heteroatoms. The number of aryl methyl sites for hydroxylation is 1. The van der Waals surface area contributed by atoms with Crippen molar-refractivity contribution < 1.29 is 14.3 Å². The van der Waals surface area contributed by atoms with Crippen LogP contribution < -0.4 is 15.4 Å². The van der Waals surface area contributed by atoms with E-state index in [0.29, 0.717) is 35.3 Å². The Hall–Kier alpha value is -4.24. The van der Waals surface area contributed by atoms with Gasteiger partial charge in [0, 0.05) is 52.4 Å². The van der Waals surface area contributed by atoms with Crippen molar-refractivity contribution in [2.75, 3.05) is 23.8 Å². The van der Waals surface area contributed by atoms with Gasteiger partial charge in [0.05, 0.1) is 12.2 Å². The fourth-order valence-corrected chi connectivity index (χ4v) is 5.88. The first-order valence-electron chi connectivity index (χ1n) is 15.5. The SMILES string of the molecule is CCCN(C(=O)c1cc(C(C)(C)C)sc1NC(=O)Nc1cccc(-c2ccc(OCCCc3ccccn3)nc2)c1)C(C)(C)C. The molecule has 4 rings (SSSR count). The molecule has 1 aromatic carbocycles. The second kappa shape index (κ2) is 14.7. The normalized spacial score (nSPS) is 11.6. The van der Waals surface area contributed by atoms with E-state index in [0.717, 1.165) is 41.0 Å². The Bertz CT molecular complexity index is 1570. The lowest BCUT2D eigenvalue weighted by molar-refractivity contribution is 0.0584. The number of rotatable bonds is 11. The summed E-state index contributed by atoms with van der Waals surface area (Å²) >= 11 is 1.44. The maximum absolute atomic E-state index is 13.8. The summed E-state index contributed by atoms with van der Waals surface area (Å²) in [6.45, 7) is 15.7. The summed E-state index contributed by atoms with van der Waals surface area (Å²) < 4.78 is 5.82. The van der Waals surface area contributed by atoms with Crippen LogP contribution in [-0.4, -0.2) is 45.5 Å². The van der Waals surface area contributed by atoms with Gasteiger partial charge in [0.2, 0.25) is 5.88 Å². The minimum atomic E-state index is -0.408. The van der Waals surface area contributed by atoms with Crippen LogP contribution in [-0.2, 0) is 11.8 Å². The molecule has 0 spiro atoms. The van der Waals surface area contributed by atoms with Crippen molar-refractivity contribution in [3.8, 4) is 17.0 Å². The lowest BCUT2D eigenvalue weighted by Crippen LogP contribution is -2.46. The van der Waals surface area contributed by atoms with Gasteiger partial charge in [0.25, 0.3) is 5.91 Å². The van der Waals surface area contributed by atoms with Crippen LogP contribution in [0.4, 0.5) is 15.5 Å². The van der Waals surface area contributed by atoms with E-state index in [1.54, 1.807) is 12.4 Å². The first kappa shape index (κ1) is 33.6. The van der Waals surface area contributed by atoms with E-state index >= 15 is 0 Å². The molecular formula is C36H45N5O3S. The molecule has 0 aliphatic heterocycles. The first-order valence-corrected chi connectivity index (χ1v) is 16.3. The molecule has 238 valence electrons. The number of urea groups is 1. The zero-order valence-electron chi connectivity index (χ0n) is 27.4. The molecule has 4 aromatic rings. The zero-order valence-corrected chi connectivity index (χ0v) is 28.3. The summed E-state index contributed by atoms with van der Waals surface area (Å²) in [5.41, 5.74) is 3.48. The fourth-order valence-electron chi connectivity index (χ4n) is 4.78. The Labute approximate surface area is 271 Å². The van der Waals surface area contributed by atoms with Crippen LogP contribution in [0.25, 0.3) is 11.1 Å². The van der Waals surface area contributed by atoms with Crippen LogP contribution in [0.3, 0.4) is 0 Å². The second-order valence-corrected chi connectivity index (χ2v) is 14.1. The van der Waals surface area contributed by atoms with Crippen molar-refractivity contribution in [2.24, 2.45) is 0 Å². The van der Waals surface area contributed by atoms with Gasteiger partial charge in [-0.1, -0.05) is 45.9 Å². The Morgan fingerprint density at radius 2 is 1.71 bits per heavy atom. The van der Waals surface area contributed by atoms with Gasteiger partial charge in [-0.2, -0.15) is 0 Å². The van der Waals surface area contributed by atoms with E-state index in [-0.39, 0.29) is 16.9 Å². The number of carbonyl (C=O) groups is 2. The van der Waals surface area contributed by atoms with Crippen molar-refractivity contribution in [1.29, 1.82) is 0 Å². The molecule has 0 saturated carbocycles. The van der Waals surface area contributed by atoms with E-state index < -0.39 is 6.03 Å². The average molecular weight is 628 g/mol. The molecule has 8 nitrogen and oxygen atoms in total. The first-order chi connectivity index (χ1) is 21.3. The van der Waals surface area contributed by atoms with Crippen LogP contribution in [0, 0.1) is 0 Å². The highest BCUT2D eigenvalue weighted by Gasteiger charge is 2.31. The molecule has 0 fully saturated rings. The van der Waals surface area contributed by atoms with E-state index in [1.165, 1.54) is 11.3 Å². The molecule has 0 atom stereocenters. The summed E-state index contributed by atoms with van der Waals surface area (Å²) in [5, 5.41) is 6.46. The van der Waals surface area contributed by atoms with Gasteiger partial charge in [-0.3, -0.25) is 15.1 Å². The van der Waals surface area contributed by atoms with Crippen molar-refractivity contribution in [3.63, 3.8) is 0 Å². The summed E-state index contributed by atoms with van der Waals surface area (Å²) in [6.07, 6.45) is 6.11. The van der Waals surface area contributed by atoms with Gasteiger partial charge in [-0.25, -0.2) is 9.78 Å². The Balaban J connectivity index is 1.42. The molecule has 0 aliphatic carbocycles. The Morgan fingerprint density at radius 1 is 0.911 bits per heavy atom. The Kier molecular flexibility index (Phi) is 11.0. The number of benzene rings is 1. The van der Waals surface area contributed by atoms with Crippen LogP contribution in [0.5, 0.6) is 5.88 Å². The van der Waals surface area contributed by atoms with Gasteiger partial charge in [0.1, 0.15) is 5.00 Å². The lowest BCUT2D eigenvalue weighted by Gasteiger charge is -2.35. The van der Waals surface area contributed by atoms with Gasteiger partial charge in [-0.05, 0) is 87.4 Å². The number of nitrogens with one attached hydrogen (secondary N) is 2. The third-order valence-corrected chi connectivity index (χ3v) is 8.65. The average Bonchev–Trinajstić information content (AvgIpc) is 3.42. The fraction of sp³-hybridized carbons (Fsp3) is 0.389. The zero-order chi connectivity index (χ0) is 32.6. The molecule has 0 saturated heterocycles. The van der Waals surface area contributed by atoms with Crippen molar-refractivity contribution in [3.05, 3.63) is 89.2 Å². The monoisotopic (exact) mass is 627 g/mol. The lowest BCUT2D eigenvalue weighted by atomic mass is 9.94. The number of hydrogen-bond acceptors (Lipinski definition) is 6. The number of anilines is 2. The summed E-state index contributed by atoms with van der Waals surface area (Å²) in [5.74, 6) is 0.481. The number of hydrogen-bond donors (Lipinski definition) is 2. The molecular weight excluding hydrogens is 582 g/mol. The number of aromatic nitrogens is 2. The van der Waals surface area contributed by atoms with Crippen LogP contribution in [0.2, 0.25) is 0 Å². The van der Waals surface area contributed by atoms with Gasteiger partial charge >= 0.3 is 6.03 Å². The van der Waals surface area contributed by atoms with Crippen molar-refractivity contribution >= 4 is 34.0 Å². The predicted octanol–water partition coefficient (Wildman–Crippen LogP) is 8.81. The van der Waals surface area contributed by atoms with Crippen molar-refractivity contribution in [2.45, 2.75) is 78.7 Å². The summed E-state index contributed by atoms with van der Waals surface area (Å²) in [4.78, 5) is 38.7. The topological polar surface area (TPSA) is 96.5 Å². The van der Waals surface area contributed by atoms with Crippen LogP contribution >= 0.6 is 11.3 Å². The van der Waals surface area contributed by atoms with Crippen LogP contribution in [0.1, 0.15) is 82.2 Å². The minimum Gasteiger partial charge on any atom is -0.478 e. The number of nitrogens with zero attached hydrogens (tertiary/aromatic N) is 3. The Morgan fingerprint density at radius 3 is 2.36 bits per heavy atom. The maximum atomic E-state index is 13.8. The number of carbonyl (C=O) groups excluding carboxylic acids is 2. The number of amides is 3. The second-order valence-electron chi connectivity index (χ2n) is 13.0. The van der Waals surface area contributed by atoms with E-state index in [1.807, 2.05) is 86.3 Å². The molecule has 45 heavy (non-hydrogen) atoms. The highest BCUT2D eigenvalue weighted by Crippen LogP contribution is 2.37. The molecule has 0 unspecified atom stereocenters. The van der Waals surface area contributed by atoms with Gasteiger partial charge in [0.15, 0.2) is 0 Å². The molecule has 3 aromatic heterocycles. The van der Waals surface area contributed by atoms with Gasteiger partial charge < -0.3 is 15.0 Å². The third-order valence-electron chi connectivity index (χ3n) is 7.17. The predicted molar refractivity (Wildman–Crippen MR) is 184 cm³/mol. The standard InChI is InChI=1S/C36H45N5O3S/c1-8-20-41(36(5,6)7)33(42)29-23-30(35(2,3)4)45-32(29)40-34(43)39-28-15-11-13-25(22-28)26-17-18-31(38-24-26)44-21-12-16-27-14-9-10-19-37-27/h9-11,13-15,17-19,22-24H,8,12,16,20-21H2,1-7H3,(H2,39,40,43). The van der Waals surface area contributed by atoms with Crippen molar-refractivity contribution in [1.82, 2.24) is 14.9 Å². The highest BCUT2D eigenvalue weighted by atomic mass is 32.1. The highest BCUT2D eigenvalue weighted by molar-refractivity contribution is 7.16. The smallest absolute Gasteiger partial charge is 0.324 e. The van der Waals surface area contributed by atoms with Crippen LogP contribution in [0.15, 0.2) is 73.1 Å². The molecule has 2 N–H and O–H groups in total. The molecule has 0 radical (unpaired) electrons. The largest absolute Gasteiger partial charge is 0.478 e. The molecule has 0 bridgehead atoms. The van der Waals surface area contributed by atoms with E-state index in [4.69, 9.17) is 4.74 Å². The maximum Gasteiger partial charge on any atom is 0.324 e. The molecule has 3 amide bonds. The van der Waals surface area contributed by atoms with E-state index in [9.17, 15) is 9.59 Å². The summed E-state index contributed by atoms with van der Waals surface area (Å²) in [6, 6.07) is 18.8.